The zero-order valence-electron chi connectivity index (χ0n) is 24.4. The van der Waals surface area contributed by atoms with Gasteiger partial charge in [-0.05, 0) is 59.9 Å². The first-order valence-corrected chi connectivity index (χ1v) is 13.7. The fourth-order valence-electron chi connectivity index (χ4n) is 4.29. The van der Waals surface area contributed by atoms with E-state index in [1.807, 2.05) is 0 Å². The van der Waals surface area contributed by atoms with Crippen LogP contribution in [0.25, 0.3) is 0 Å². The molecule has 0 radical (unpaired) electrons. The third kappa shape index (κ3) is 9.52. The van der Waals surface area contributed by atoms with Crippen molar-refractivity contribution in [1.82, 2.24) is 20.9 Å². The summed E-state index contributed by atoms with van der Waals surface area (Å²) in [7, 11) is 1.16. The van der Waals surface area contributed by atoms with E-state index in [2.05, 4.69) is 20.9 Å². The fourth-order valence-corrected chi connectivity index (χ4v) is 4.29. The molecule has 43 heavy (non-hydrogen) atoms. The molecular formula is C30H36BFN4O7. The highest BCUT2D eigenvalue weighted by Crippen LogP contribution is 2.15. The molecular weight excluding hydrogens is 558 g/mol. The average molecular weight is 594 g/mol. The fraction of sp³-hybridized carbons (Fsp3) is 0.333. The highest BCUT2D eigenvalue weighted by Gasteiger charge is 2.33. The van der Waals surface area contributed by atoms with E-state index in [0.717, 1.165) is 6.07 Å². The van der Waals surface area contributed by atoms with E-state index in [0.29, 0.717) is 22.6 Å². The number of rotatable bonds is 14. The van der Waals surface area contributed by atoms with Gasteiger partial charge in [0.15, 0.2) is 11.5 Å². The van der Waals surface area contributed by atoms with Gasteiger partial charge in [0.25, 0.3) is 5.91 Å². The van der Waals surface area contributed by atoms with E-state index >= 15 is 0 Å². The number of ether oxygens (including phenoxy) is 2. The van der Waals surface area contributed by atoms with Gasteiger partial charge in [0, 0.05) is 12.6 Å². The lowest BCUT2D eigenvalue weighted by molar-refractivity contribution is -0.131. The Labute approximate surface area is 250 Å². The molecule has 228 valence electrons. The molecule has 0 fully saturated rings. The zero-order chi connectivity index (χ0) is 31.5. The quantitative estimate of drug-likeness (QED) is 0.176. The summed E-state index contributed by atoms with van der Waals surface area (Å²) in [5.74, 6) is -3.40. The average Bonchev–Trinajstić information content (AvgIpc) is 2.99. The van der Waals surface area contributed by atoms with Gasteiger partial charge >= 0.3 is 7.12 Å². The van der Waals surface area contributed by atoms with Crippen LogP contribution in [0.15, 0.2) is 66.9 Å². The van der Waals surface area contributed by atoms with E-state index in [9.17, 15) is 28.8 Å². The molecule has 5 N–H and O–H groups in total. The molecule has 13 heteroatoms. The third-order valence-corrected chi connectivity index (χ3v) is 6.74. The Morgan fingerprint density at radius 2 is 1.40 bits per heavy atom. The van der Waals surface area contributed by atoms with Crippen molar-refractivity contribution in [2.75, 3.05) is 14.2 Å². The van der Waals surface area contributed by atoms with Gasteiger partial charge in [0.2, 0.25) is 11.8 Å². The minimum Gasteiger partial charge on any atom is -0.497 e. The topological polar surface area (TPSA) is 159 Å². The van der Waals surface area contributed by atoms with Crippen molar-refractivity contribution >= 4 is 24.8 Å². The van der Waals surface area contributed by atoms with Gasteiger partial charge in [-0.15, -0.1) is 0 Å². The Morgan fingerprint density at radius 1 is 0.837 bits per heavy atom. The van der Waals surface area contributed by atoms with Crippen LogP contribution in [-0.4, -0.2) is 72.1 Å². The van der Waals surface area contributed by atoms with Crippen LogP contribution in [0.3, 0.4) is 0 Å². The number of halogens is 1. The van der Waals surface area contributed by atoms with Crippen molar-refractivity contribution in [3.63, 3.8) is 0 Å². The second kappa shape index (κ2) is 15.7. The summed E-state index contributed by atoms with van der Waals surface area (Å²) in [5.41, 5.74) is 0.899. The first-order chi connectivity index (χ1) is 20.5. The highest BCUT2D eigenvalue weighted by molar-refractivity contribution is 6.43. The van der Waals surface area contributed by atoms with Gasteiger partial charge in [-0.3, -0.25) is 14.4 Å². The van der Waals surface area contributed by atoms with E-state index < -0.39 is 60.3 Å². The molecule has 0 unspecified atom stereocenters. The predicted molar refractivity (Wildman–Crippen MR) is 158 cm³/mol. The number of nitrogens with one attached hydrogen (secondary N) is 3. The summed E-state index contributed by atoms with van der Waals surface area (Å²) < 4.78 is 24.6. The van der Waals surface area contributed by atoms with Crippen molar-refractivity contribution in [3.05, 3.63) is 89.5 Å². The van der Waals surface area contributed by atoms with Gasteiger partial charge in [0.05, 0.1) is 20.2 Å². The number of carbonyl (C=O) groups is 3. The van der Waals surface area contributed by atoms with Crippen LogP contribution in [0.2, 0.25) is 0 Å². The van der Waals surface area contributed by atoms with Crippen molar-refractivity contribution < 1.29 is 38.3 Å². The van der Waals surface area contributed by atoms with Crippen molar-refractivity contribution in [2.24, 2.45) is 5.92 Å². The zero-order valence-corrected chi connectivity index (χ0v) is 24.4. The summed E-state index contributed by atoms with van der Waals surface area (Å²) in [6, 6.07) is 13.8. The summed E-state index contributed by atoms with van der Waals surface area (Å²) in [4.78, 5) is 43.6. The van der Waals surface area contributed by atoms with Gasteiger partial charge in [-0.25, -0.2) is 9.37 Å². The second-order valence-corrected chi connectivity index (χ2v) is 10.2. The van der Waals surface area contributed by atoms with E-state index in [1.165, 1.54) is 26.5 Å². The van der Waals surface area contributed by atoms with Crippen LogP contribution in [0, 0.1) is 11.7 Å². The summed E-state index contributed by atoms with van der Waals surface area (Å²) in [6.07, 6.45) is 1.36. The van der Waals surface area contributed by atoms with Crippen LogP contribution in [0.4, 0.5) is 4.39 Å². The summed E-state index contributed by atoms with van der Waals surface area (Å²) in [6.45, 7) is 3.41. The number of carbonyl (C=O) groups excluding carboxylic acids is 3. The molecule has 0 saturated carbocycles. The first kappa shape index (κ1) is 33.0. The maximum atomic E-state index is 14.3. The Balaban J connectivity index is 1.79. The van der Waals surface area contributed by atoms with Crippen LogP contribution in [0.5, 0.6) is 11.5 Å². The van der Waals surface area contributed by atoms with Gasteiger partial charge in [-0.2, -0.15) is 0 Å². The molecule has 0 spiro atoms. The molecule has 2 aromatic carbocycles. The molecule has 3 amide bonds. The monoisotopic (exact) mass is 594 g/mol. The van der Waals surface area contributed by atoms with E-state index in [1.54, 1.807) is 62.4 Å². The lowest BCUT2D eigenvalue weighted by Gasteiger charge is -2.27. The number of benzene rings is 2. The first-order valence-electron chi connectivity index (χ1n) is 13.7. The van der Waals surface area contributed by atoms with Gasteiger partial charge < -0.3 is 35.5 Å². The molecule has 1 heterocycles. The van der Waals surface area contributed by atoms with Crippen LogP contribution < -0.4 is 25.4 Å². The number of amides is 3. The number of hydrogen-bond donors (Lipinski definition) is 5. The van der Waals surface area contributed by atoms with Crippen molar-refractivity contribution in [3.8, 4) is 11.5 Å². The molecule has 3 aromatic rings. The van der Waals surface area contributed by atoms with Crippen LogP contribution in [-0.2, 0) is 22.4 Å². The maximum Gasteiger partial charge on any atom is 0.475 e. The number of pyridine rings is 1. The molecule has 0 aliphatic rings. The molecule has 11 nitrogen and oxygen atoms in total. The summed E-state index contributed by atoms with van der Waals surface area (Å²) >= 11 is 0. The molecule has 0 aliphatic heterocycles. The van der Waals surface area contributed by atoms with Crippen LogP contribution >= 0.6 is 0 Å². The van der Waals surface area contributed by atoms with E-state index in [4.69, 9.17) is 9.47 Å². The Kier molecular flexibility index (Phi) is 12.0. The standard InChI is InChI=1S/C30H36BFN4O7/c1-18(2)26(29(38)35-25(31(40)41)17-20-9-13-22(43-4)14-10-20)36-28(37)24(16-19-7-11-21(42-3)12-8-19)34-30(39)27-23(32)6-5-15-33-27/h5-15,18,24-26,40-41H,16-17H2,1-4H3,(H,34,39)(H,35,38)(H,36,37)/t24-,25-,26-/m0/s1. The maximum absolute atomic E-state index is 14.3. The second-order valence-electron chi connectivity index (χ2n) is 10.2. The summed E-state index contributed by atoms with van der Waals surface area (Å²) in [5, 5.41) is 27.8. The number of nitrogens with zero attached hydrogens (tertiary/aromatic N) is 1. The Morgan fingerprint density at radius 3 is 1.88 bits per heavy atom. The number of methoxy groups -OCH3 is 2. The Hall–Kier alpha value is -4.49. The van der Waals surface area contributed by atoms with Crippen molar-refractivity contribution in [1.29, 1.82) is 0 Å². The highest BCUT2D eigenvalue weighted by atomic mass is 19.1. The largest absolute Gasteiger partial charge is 0.497 e. The Bertz CT molecular complexity index is 1370. The number of hydrogen-bond acceptors (Lipinski definition) is 8. The minimum atomic E-state index is -1.88. The lowest BCUT2D eigenvalue weighted by Crippen LogP contribution is -2.59. The van der Waals surface area contributed by atoms with Crippen LogP contribution in [0.1, 0.15) is 35.5 Å². The smallest absolute Gasteiger partial charge is 0.475 e. The predicted octanol–water partition coefficient (Wildman–Crippen LogP) is 1.46. The van der Waals surface area contributed by atoms with Crippen molar-refractivity contribution in [2.45, 2.75) is 44.7 Å². The van der Waals surface area contributed by atoms with Gasteiger partial charge in [-0.1, -0.05) is 38.1 Å². The third-order valence-electron chi connectivity index (χ3n) is 6.74. The normalized spacial score (nSPS) is 12.9. The lowest BCUT2D eigenvalue weighted by atomic mass is 9.75. The minimum absolute atomic E-state index is 0.0118. The molecule has 3 rings (SSSR count). The van der Waals surface area contributed by atoms with E-state index in [-0.39, 0.29) is 12.8 Å². The molecule has 3 atom stereocenters. The molecule has 1 aromatic heterocycles. The van der Waals surface area contributed by atoms with Gasteiger partial charge in [0.1, 0.15) is 23.6 Å². The number of aromatic nitrogens is 1. The SMILES string of the molecule is COc1ccc(C[C@H](NC(=O)[C@@H](NC(=O)[C@H](Cc2ccc(OC)cc2)NC(=O)c2ncccc2F)C(C)C)B(O)O)cc1. The molecule has 0 aliphatic carbocycles. The molecule has 0 bridgehead atoms. The molecule has 0 saturated heterocycles.